The minimum atomic E-state index is -1.35. The van der Waals surface area contributed by atoms with Gasteiger partial charge in [-0.1, -0.05) is 40.0 Å². The predicted octanol–water partition coefficient (Wildman–Crippen LogP) is 3.80. The van der Waals surface area contributed by atoms with Crippen LogP contribution in [0.1, 0.15) is 59.3 Å². The normalized spacial score (nSPS) is 31.4. The highest BCUT2D eigenvalue weighted by molar-refractivity contribution is 7.89. The van der Waals surface area contributed by atoms with E-state index in [1.54, 1.807) is 4.31 Å². The summed E-state index contributed by atoms with van der Waals surface area (Å²) in [6, 6.07) is 0.151. The molecule has 1 aliphatic heterocycles. The SMILES string of the molecule is CC(CCCCCC(F)CF)C(=O)N1C2CC(C)(C)C2C[S+]1[O-]. The van der Waals surface area contributed by atoms with Gasteiger partial charge >= 0.3 is 0 Å². The molecule has 0 N–H and O–H groups in total. The van der Waals surface area contributed by atoms with Crippen LogP contribution in [-0.2, 0) is 16.2 Å². The summed E-state index contributed by atoms with van der Waals surface area (Å²) in [5.74, 6) is 0.820. The highest BCUT2D eigenvalue weighted by Gasteiger charge is 2.61. The first-order chi connectivity index (χ1) is 10.8. The van der Waals surface area contributed by atoms with E-state index in [9.17, 15) is 18.1 Å². The number of carbonyl (C=O) groups excluding carboxylic acids is 1. The van der Waals surface area contributed by atoms with E-state index in [2.05, 4.69) is 13.8 Å². The molecule has 1 amide bonds. The maximum absolute atomic E-state index is 12.8. The molecular formula is C17H29F2NO2S. The molecule has 3 nitrogen and oxygen atoms in total. The molecule has 0 aromatic carbocycles. The highest BCUT2D eigenvalue weighted by atomic mass is 32.2. The molecule has 2 fully saturated rings. The Bertz CT molecular complexity index is 421. The summed E-state index contributed by atoms with van der Waals surface area (Å²) in [7, 11) is 0. The van der Waals surface area contributed by atoms with Crippen LogP contribution < -0.4 is 0 Å². The van der Waals surface area contributed by atoms with Crippen molar-refractivity contribution < 1.29 is 18.1 Å². The van der Waals surface area contributed by atoms with Crippen LogP contribution in [0.4, 0.5) is 8.78 Å². The third kappa shape index (κ3) is 4.19. The first kappa shape index (κ1) is 19.0. The fourth-order valence-corrected chi connectivity index (χ4v) is 5.88. The Morgan fingerprint density at radius 1 is 1.35 bits per heavy atom. The van der Waals surface area contributed by atoms with E-state index in [1.807, 2.05) is 6.92 Å². The first-order valence-corrected chi connectivity index (χ1v) is 9.97. The van der Waals surface area contributed by atoms with E-state index < -0.39 is 24.2 Å². The van der Waals surface area contributed by atoms with Gasteiger partial charge in [0.05, 0.1) is 17.4 Å². The van der Waals surface area contributed by atoms with E-state index in [0.29, 0.717) is 18.1 Å². The summed E-state index contributed by atoms with van der Waals surface area (Å²) in [5.41, 5.74) is 0.192. The lowest BCUT2D eigenvalue weighted by atomic mass is 9.60. The summed E-state index contributed by atoms with van der Waals surface area (Å²) < 4.78 is 38.7. The second kappa shape index (κ2) is 7.68. The minimum absolute atomic E-state index is 0.00143. The molecule has 1 aliphatic carbocycles. The van der Waals surface area contributed by atoms with Crippen LogP contribution in [0, 0.1) is 17.3 Å². The van der Waals surface area contributed by atoms with Gasteiger partial charge in [-0.3, -0.25) is 4.79 Å². The molecule has 5 unspecified atom stereocenters. The Hall–Kier alpha value is -0.360. The minimum Gasteiger partial charge on any atom is -0.593 e. The number of unbranched alkanes of at least 4 members (excludes halogenated alkanes) is 2. The fourth-order valence-electron chi connectivity index (χ4n) is 3.84. The number of nitrogens with zero attached hydrogens (tertiary/aromatic N) is 1. The maximum atomic E-state index is 12.8. The fraction of sp³-hybridized carbons (Fsp3) is 0.941. The number of fused-ring (bicyclic) bond motifs is 1. The standard InChI is InChI=1S/C17H29F2NO2S/c1-12(7-5-4-6-8-13(19)10-18)16(21)20-15-9-17(2,3)14(15)11-23(20)22/h12-15H,4-11H2,1-3H3. The molecule has 2 rings (SSSR count). The zero-order chi connectivity index (χ0) is 17.2. The largest absolute Gasteiger partial charge is 0.593 e. The molecule has 2 aliphatic rings. The second-order valence-corrected chi connectivity index (χ2v) is 9.18. The van der Waals surface area contributed by atoms with E-state index in [-0.39, 0.29) is 29.7 Å². The summed E-state index contributed by atoms with van der Waals surface area (Å²) in [6.07, 6.45) is 2.85. The number of halogens is 2. The molecular weight excluding hydrogens is 320 g/mol. The van der Waals surface area contributed by atoms with Crippen LogP contribution in [0.3, 0.4) is 0 Å². The summed E-state index contributed by atoms with van der Waals surface area (Å²) >= 11 is -1.18. The van der Waals surface area contributed by atoms with Crippen molar-refractivity contribution in [3.63, 3.8) is 0 Å². The van der Waals surface area contributed by atoms with E-state index in [0.717, 1.165) is 25.7 Å². The van der Waals surface area contributed by atoms with Crippen LogP contribution in [0.2, 0.25) is 0 Å². The average Bonchev–Trinajstić information content (AvgIpc) is 2.78. The molecule has 0 bridgehead atoms. The lowest BCUT2D eigenvalue weighted by Crippen LogP contribution is -2.54. The molecule has 0 aromatic rings. The van der Waals surface area contributed by atoms with Crippen molar-refractivity contribution >= 4 is 17.3 Å². The average molecular weight is 349 g/mol. The van der Waals surface area contributed by atoms with Crippen molar-refractivity contribution in [2.45, 2.75) is 71.5 Å². The number of rotatable bonds is 8. The molecule has 1 saturated heterocycles. The Labute approximate surface area is 141 Å². The Morgan fingerprint density at radius 2 is 2.00 bits per heavy atom. The topological polar surface area (TPSA) is 43.4 Å². The molecule has 23 heavy (non-hydrogen) atoms. The van der Waals surface area contributed by atoms with Gasteiger partial charge < -0.3 is 4.55 Å². The van der Waals surface area contributed by atoms with Crippen LogP contribution in [-0.4, -0.2) is 39.4 Å². The smallest absolute Gasteiger partial charge is 0.266 e. The summed E-state index contributed by atoms with van der Waals surface area (Å²) in [4.78, 5) is 12.6. The van der Waals surface area contributed by atoms with E-state index in [1.165, 1.54) is 0 Å². The van der Waals surface area contributed by atoms with Crippen molar-refractivity contribution in [2.75, 3.05) is 12.4 Å². The van der Waals surface area contributed by atoms with Gasteiger partial charge in [-0.15, -0.1) is 0 Å². The lowest BCUT2D eigenvalue weighted by molar-refractivity contribution is -0.136. The Balaban J connectivity index is 1.73. The van der Waals surface area contributed by atoms with Crippen LogP contribution in [0.15, 0.2) is 0 Å². The quantitative estimate of drug-likeness (QED) is 0.494. The van der Waals surface area contributed by atoms with Gasteiger partial charge in [0.1, 0.15) is 18.6 Å². The van der Waals surface area contributed by atoms with Gasteiger partial charge in [0.25, 0.3) is 5.91 Å². The van der Waals surface area contributed by atoms with Gasteiger partial charge in [-0.05, 0) is 24.7 Å². The van der Waals surface area contributed by atoms with Crippen LogP contribution in [0.5, 0.6) is 0 Å². The zero-order valence-corrected chi connectivity index (χ0v) is 15.2. The molecule has 0 radical (unpaired) electrons. The predicted molar refractivity (Wildman–Crippen MR) is 88.7 cm³/mol. The van der Waals surface area contributed by atoms with Gasteiger partial charge in [-0.25, -0.2) is 8.78 Å². The molecule has 1 heterocycles. The van der Waals surface area contributed by atoms with E-state index >= 15 is 0 Å². The maximum Gasteiger partial charge on any atom is 0.266 e. The molecule has 0 aromatic heterocycles. The number of alkyl halides is 2. The Kier molecular flexibility index (Phi) is 6.34. The van der Waals surface area contributed by atoms with Gasteiger partial charge in [-0.2, -0.15) is 4.31 Å². The molecule has 1 saturated carbocycles. The van der Waals surface area contributed by atoms with Crippen LogP contribution >= 0.6 is 0 Å². The van der Waals surface area contributed by atoms with Crippen molar-refractivity contribution in [2.24, 2.45) is 17.3 Å². The zero-order valence-electron chi connectivity index (χ0n) is 14.4. The van der Waals surface area contributed by atoms with Gasteiger partial charge in [0.2, 0.25) is 0 Å². The van der Waals surface area contributed by atoms with Crippen molar-refractivity contribution in [3.8, 4) is 0 Å². The third-order valence-corrected chi connectivity index (χ3v) is 7.04. The van der Waals surface area contributed by atoms with Gasteiger partial charge in [0, 0.05) is 11.8 Å². The molecule has 134 valence electrons. The number of hydrogen-bond acceptors (Lipinski definition) is 2. The highest BCUT2D eigenvalue weighted by Crippen LogP contribution is 2.54. The molecule has 5 atom stereocenters. The van der Waals surface area contributed by atoms with Gasteiger partial charge in [0.15, 0.2) is 0 Å². The number of carbonyl (C=O) groups is 1. The monoisotopic (exact) mass is 349 g/mol. The third-order valence-electron chi connectivity index (χ3n) is 5.51. The Morgan fingerprint density at radius 3 is 2.57 bits per heavy atom. The number of amides is 1. The first-order valence-electron chi connectivity index (χ1n) is 8.69. The molecule has 0 spiro atoms. The van der Waals surface area contributed by atoms with Crippen molar-refractivity contribution in [1.82, 2.24) is 4.31 Å². The van der Waals surface area contributed by atoms with Crippen molar-refractivity contribution in [1.29, 1.82) is 0 Å². The second-order valence-electron chi connectivity index (χ2n) is 7.81. The van der Waals surface area contributed by atoms with E-state index in [4.69, 9.17) is 0 Å². The van der Waals surface area contributed by atoms with Crippen LogP contribution in [0.25, 0.3) is 0 Å². The van der Waals surface area contributed by atoms with Crippen molar-refractivity contribution in [3.05, 3.63) is 0 Å². The summed E-state index contributed by atoms with van der Waals surface area (Å²) in [5, 5.41) is 0. The number of hydrogen-bond donors (Lipinski definition) is 0. The lowest BCUT2D eigenvalue weighted by Gasteiger charge is -2.46. The summed E-state index contributed by atoms with van der Waals surface area (Å²) in [6.45, 7) is 5.33. The molecule has 6 heteroatoms.